The molecule has 0 saturated heterocycles. The first kappa shape index (κ1) is 23.5. The first-order chi connectivity index (χ1) is 16.5. The van der Waals surface area contributed by atoms with Crippen molar-refractivity contribution in [3.8, 4) is 11.5 Å². The van der Waals surface area contributed by atoms with Crippen molar-refractivity contribution in [2.75, 3.05) is 30.2 Å². The van der Waals surface area contributed by atoms with Crippen LogP contribution in [0.1, 0.15) is 5.76 Å². The molecule has 0 bridgehead atoms. The number of halogens is 1. The number of anilines is 2. The molecule has 0 spiro atoms. The van der Waals surface area contributed by atoms with Crippen LogP contribution in [0.5, 0.6) is 11.5 Å². The summed E-state index contributed by atoms with van der Waals surface area (Å²) in [7, 11) is 2.98. The molecule has 4 rings (SSSR count). The highest BCUT2D eigenvalue weighted by atomic mass is 35.5. The van der Waals surface area contributed by atoms with Gasteiger partial charge < -0.3 is 19.2 Å². The van der Waals surface area contributed by atoms with Gasteiger partial charge in [0.15, 0.2) is 5.17 Å². The van der Waals surface area contributed by atoms with E-state index in [-0.39, 0.29) is 23.3 Å². The number of amides is 2. The Morgan fingerprint density at radius 1 is 1.15 bits per heavy atom. The van der Waals surface area contributed by atoms with Gasteiger partial charge in [-0.05, 0) is 30.3 Å². The molecule has 0 saturated carbocycles. The number of methoxy groups -OCH3 is 2. The van der Waals surface area contributed by atoms with E-state index in [0.717, 1.165) is 11.8 Å². The number of amidine groups is 1. The third kappa shape index (κ3) is 5.11. The number of rotatable bonds is 7. The number of nitrogens with zero attached hydrogens (tertiary/aromatic N) is 2. The molecule has 34 heavy (non-hydrogen) atoms. The van der Waals surface area contributed by atoms with Crippen molar-refractivity contribution in [2.24, 2.45) is 4.99 Å². The highest BCUT2D eigenvalue weighted by Gasteiger charge is 2.32. The summed E-state index contributed by atoms with van der Waals surface area (Å²) in [6, 6.07) is 15.7. The fraction of sp³-hybridized carbons (Fsp3) is 0.125. The molecule has 0 radical (unpaired) electrons. The number of nitrogens with one attached hydrogen (secondary N) is 1. The van der Waals surface area contributed by atoms with Gasteiger partial charge in [-0.25, -0.2) is 4.99 Å². The van der Waals surface area contributed by atoms with Gasteiger partial charge in [0, 0.05) is 12.1 Å². The minimum Gasteiger partial charge on any atom is -0.495 e. The fourth-order valence-electron chi connectivity index (χ4n) is 3.18. The molecular formula is C24H20ClN3O5S. The van der Waals surface area contributed by atoms with Crippen LogP contribution in [0.3, 0.4) is 0 Å². The second kappa shape index (κ2) is 10.5. The topological polar surface area (TPSA) is 93.4 Å². The monoisotopic (exact) mass is 497 g/mol. The molecule has 10 heteroatoms. The predicted octanol–water partition coefficient (Wildman–Crippen LogP) is 5.07. The van der Waals surface area contributed by atoms with Gasteiger partial charge in [0.2, 0.25) is 5.91 Å². The van der Waals surface area contributed by atoms with Crippen LogP contribution in [-0.2, 0) is 9.59 Å². The lowest BCUT2D eigenvalue weighted by Crippen LogP contribution is -2.31. The number of thioether (sulfide) groups is 1. The van der Waals surface area contributed by atoms with Crippen LogP contribution in [0, 0.1) is 0 Å². The number of carbonyl (C=O) groups is 2. The first-order valence-corrected chi connectivity index (χ1v) is 11.4. The van der Waals surface area contributed by atoms with E-state index in [9.17, 15) is 9.59 Å². The Balaban J connectivity index is 1.53. The summed E-state index contributed by atoms with van der Waals surface area (Å²) in [4.78, 5) is 31.8. The van der Waals surface area contributed by atoms with E-state index >= 15 is 0 Å². The Hall–Kier alpha value is -3.69. The number of furan rings is 1. The van der Waals surface area contributed by atoms with Crippen LogP contribution in [0.4, 0.5) is 11.4 Å². The molecule has 0 atom stereocenters. The molecule has 1 N–H and O–H groups in total. The maximum Gasteiger partial charge on any atom is 0.283 e. The van der Waals surface area contributed by atoms with Crippen LogP contribution in [0.2, 0.25) is 5.02 Å². The molecule has 174 valence electrons. The molecule has 2 amide bonds. The summed E-state index contributed by atoms with van der Waals surface area (Å²) in [5.41, 5.74) is 1.26. The van der Waals surface area contributed by atoms with E-state index in [0.29, 0.717) is 38.8 Å². The Labute approximate surface area is 205 Å². The zero-order valence-electron chi connectivity index (χ0n) is 18.3. The Kier molecular flexibility index (Phi) is 7.24. The van der Waals surface area contributed by atoms with Crippen LogP contribution >= 0.6 is 23.4 Å². The molecule has 1 aliphatic heterocycles. The molecule has 1 aromatic heterocycles. The smallest absolute Gasteiger partial charge is 0.283 e. The Bertz CT molecular complexity index is 1260. The third-order valence-corrected chi connectivity index (χ3v) is 5.98. The molecule has 2 aromatic carbocycles. The van der Waals surface area contributed by atoms with Crippen LogP contribution in [-0.4, -0.2) is 37.0 Å². The highest BCUT2D eigenvalue weighted by molar-refractivity contribution is 8.14. The lowest BCUT2D eigenvalue weighted by atomic mass is 10.2. The second-order valence-corrected chi connectivity index (χ2v) is 8.29. The third-order valence-electron chi connectivity index (χ3n) is 4.75. The summed E-state index contributed by atoms with van der Waals surface area (Å²) in [5.74, 6) is 0.704. The van der Waals surface area contributed by atoms with Crippen molar-refractivity contribution in [1.29, 1.82) is 0 Å². The zero-order valence-corrected chi connectivity index (χ0v) is 19.9. The summed E-state index contributed by atoms with van der Waals surface area (Å²) >= 11 is 7.32. The SMILES string of the molecule is COc1cc(OC)c(NC(=O)CSC2=N/C(=C/c3ccco3)C(=O)N2c2ccccc2)cc1Cl. The van der Waals surface area contributed by atoms with E-state index in [4.69, 9.17) is 25.5 Å². The zero-order chi connectivity index (χ0) is 24.1. The maximum atomic E-state index is 13.1. The highest BCUT2D eigenvalue weighted by Crippen LogP contribution is 2.36. The minimum atomic E-state index is -0.323. The Morgan fingerprint density at radius 2 is 1.91 bits per heavy atom. The molecule has 0 unspecified atom stereocenters. The quantitative estimate of drug-likeness (QED) is 0.458. The summed E-state index contributed by atoms with van der Waals surface area (Å²) < 4.78 is 15.8. The first-order valence-electron chi connectivity index (χ1n) is 10.1. The molecular weight excluding hydrogens is 478 g/mol. The lowest BCUT2D eigenvalue weighted by Gasteiger charge is -2.17. The van der Waals surface area contributed by atoms with E-state index < -0.39 is 0 Å². The molecule has 3 aromatic rings. The van der Waals surface area contributed by atoms with Crippen molar-refractivity contribution >= 4 is 57.8 Å². The largest absolute Gasteiger partial charge is 0.495 e. The maximum absolute atomic E-state index is 13.1. The molecule has 0 aliphatic carbocycles. The number of carbonyl (C=O) groups excluding carboxylic acids is 2. The van der Waals surface area contributed by atoms with Crippen molar-refractivity contribution in [3.63, 3.8) is 0 Å². The van der Waals surface area contributed by atoms with Crippen molar-refractivity contribution < 1.29 is 23.5 Å². The Morgan fingerprint density at radius 3 is 2.59 bits per heavy atom. The van der Waals surface area contributed by atoms with Gasteiger partial charge in [0.05, 0.1) is 42.6 Å². The molecule has 8 nitrogen and oxygen atoms in total. The van der Waals surface area contributed by atoms with Gasteiger partial charge in [-0.3, -0.25) is 14.5 Å². The van der Waals surface area contributed by atoms with Crippen molar-refractivity contribution in [2.45, 2.75) is 0 Å². The second-order valence-electron chi connectivity index (χ2n) is 6.94. The number of benzene rings is 2. The summed E-state index contributed by atoms with van der Waals surface area (Å²) in [5, 5.41) is 3.49. The van der Waals surface area contributed by atoms with Gasteiger partial charge in [0.25, 0.3) is 5.91 Å². The average molecular weight is 498 g/mol. The molecule has 1 aliphatic rings. The van der Waals surface area contributed by atoms with Gasteiger partial charge in [-0.2, -0.15) is 0 Å². The predicted molar refractivity (Wildman–Crippen MR) is 134 cm³/mol. The fourth-order valence-corrected chi connectivity index (χ4v) is 4.23. The van der Waals surface area contributed by atoms with E-state index in [1.807, 2.05) is 18.2 Å². The van der Waals surface area contributed by atoms with Gasteiger partial charge in [0.1, 0.15) is 23.0 Å². The molecule has 2 heterocycles. The van der Waals surface area contributed by atoms with E-state index in [2.05, 4.69) is 10.3 Å². The standard InChI is InChI=1S/C24H20ClN3O5S/c1-31-20-13-21(32-2)18(12-17(20)25)26-22(29)14-34-24-27-19(11-16-9-6-10-33-16)23(30)28(24)15-7-4-3-5-8-15/h3-13H,14H2,1-2H3,(H,26,29)/b19-11+. The number of para-hydroxylation sites is 1. The van der Waals surface area contributed by atoms with Gasteiger partial charge >= 0.3 is 0 Å². The van der Waals surface area contributed by atoms with Gasteiger partial charge in [-0.15, -0.1) is 0 Å². The van der Waals surface area contributed by atoms with E-state index in [1.165, 1.54) is 25.4 Å². The van der Waals surface area contributed by atoms with Crippen LogP contribution < -0.4 is 19.7 Å². The van der Waals surface area contributed by atoms with Gasteiger partial charge in [-0.1, -0.05) is 41.6 Å². The van der Waals surface area contributed by atoms with Crippen molar-refractivity contribution in [3.05, 3.63) is 77.3 Å². The normalized spacial score (nSPS) is 14.3. The number of hydrogen-bond acceptors (Lipinski definition) is 7. The lowest BCUT2D eigenvalue weighted by molar-refractivity contribution is -0.114. The summed E-state index contributed by atoms with van der Waals surface area (Å²) in [6.45, 7) is 0. The summed E-state index contributed by atoms with van der Waals surface area (Å²) in [6.07, 6.45) is 3.08. The van der Waals surface area contributed by atoms with Crippen molar-refractivity contribution in [1.82, 2.24) is 0 Å². The number of aliphatic imine (C=N–C) groups is 1. The van der Waals surface area contributed by atoms with Crippen LogP contribution in [0.25, 0.3) is 6.08 Å². The molecule has 0 fully saturated rings. The minimum absolute atomic E-state index is 0.00369. The average Bonchev–Trinajstić information content (AvgIpc) is 3.46. The number of hydrogen-bond donors (Lipinski definition) is 1. The van der Waals surface area contributed by atoms with E-state index in [1.54, 1.807) is 42.5 Å². The van der Waals surface area contributed by atoms with Crippen LogP contribution in [0.15, 0.2) is 76.0 Å². The number of ether oxygens (including phenoxy) is 2.